The molecule has 0 aromatic heterocycles. The summed E-state index contributed by atoms with van der Waals surface area (Å²) in [6.45, 7) is 1.90. The fraction of sp³-hybridized carbons (Fsp3) is 0.417. The zero-order chi connectivity index (χ0) is 20.2. The molecule has 1 saturated heterocycles. The van der Waals surface area contributed by atoms with Gasteiger partial charge in [0.15, 0.2) is 0 Å². The van der Waals surface area contributed by atoms with Crippen LogP contribution < -0.4 is 0 Å². The van der Waals surface area contributed by atoms with Crippen LogP contribution in [0, 0.1) is 0 Å². The van der Waals surface area contributed by atoms with Gasteiger partial charge in [0.1, 0.15) is 5.75 Å². The Hall–Kier alpha value is -2.82. The van der Waals surface area contributed by atoms with Gasteiger partial charge in [-0.2, -0.15) is 0 Å². The molecule has 4 rings (SSSR count). The summed E-state index contributed by atoms with van der Waals surface area (Å²) in [5.41, 5.74) is 3.00. The minimum Gasteiger partial charge on any atom is -0.508 e. The Bertz CT molecular complexity index is 878. The third kappa shape index (κ3) is 4.44. The van der Waals surface area contributed by atoms with Crippen molar-refractivity contribution in [2.75, 3.05) is 13.1 Å². The van der Waals surface area contributed by atoms with Gasteiger partial charge < -0.3 is 14.9 Å². The lowest BCUT2D eigenvalue weighted by Crippen LogP contribution is -2.45. The van der Waals surface area contributed by atoms with Crippen LogP contribution >= 0.6 is 0 Å². The molecule has 29 heavy (non-hydrogen) atoms. The monoisotopic (exact) mass is 392 g/mol. The molecule has 5 nitrogen and oxygen atoms in total. The van der Waals surface area contributed by atoms with Crippen LogP contribution in [0.3, 0.4) is 0 Å². The van der Waals surface area contributed by atoms with Crippen molar-refractivity contribution < 1.29 is 14.7 Å². The van der Waals surface area contributed by atoms with E-state index < -0.39 is 0 Å². The summed E-state index contributed by atoms with van der Waals surface area (Å²) in [6.07, 6.45) is 5.46. The van der Waals surface area contributed by atoms with Crippen molar-refractivity contribution in [1.29, 1.82) is 0 Å². The second-order valence-electron chi connectivity index (χ2n) is 8.08. The number of carbonyl (C=O) groups is 2. The van der Waals surface area contributed by atoms with E-state index in [4.69, 9.17) is 0 Å². The Morgan fingerprint density at radius 3 is 2.66 bits per heavy atom. The number of phenols is 1. The highest BCUT2D eigenvalue weighted by Gasteiger charge is 2.30. The fourth-order valence-electron chi connectivity index (χ4n) is 4.49. The zero-order valence-electron chi connectivity index (χ0n) is 16.7. The lowest BCUT2D eigenvalue weighted by Gasteiger charge is -2.36. The smallest absolute Gasteiger partial charge is 0.254 e. The van der Waals surface area contributed by atoms with Gasteiger partial charge >= 0.3 is 0 Å². The molecule has 2 aliphatic rings. The van der Waals surface area contributed by atoms with Gasteiger partial charge in [-0.3, -0.25) is 9.59 Å². The number of piperidine rings is 1. The van der Waals surface area contributed by atoms with E-state index in [1.54, 1.807) is 17.0 Å². The first-order valence-corrected chi connectivity index (χ1v) is 10.6. The van der Waals surface area contributed by atoms with Crippen molar-refractivity contribution in [1.82, 2.24) is 9.80 Å². The predicted octanol–water partition coefficient (Wildman–Crippen LogP) is 3.75. The molecule has 2 amide bonds. The third-order valence-corrected chi connectivity index (χ3v) is 6.14. The molecule has 0 spiro atoms. The molecular formula is C24H28N2O3. The molecule has 0 radical (unpaired) electrons. The van der Waals surface area contributed by atoms with Gasteiger partial charge in [0.25, 0.3) is 5.91 Å². The molecule has 0 saturated carbocycles. The Morgan fingerprint density at radius 2 is 1.86 bits per heavy atom. The molecule has 1 fully saturated rings. The highest BCUT2D eigenvalue weighted by molar-refractivity contribution is 5.98. The number of benzene rings is 2. The van der Waals surface area contributed by atoms with Crippen molar-refractivity contribution in [2.45, 2.75) is 51.1 Å². The summed E-state index contributed by atoms with van der Waals surface area (Å²) < 4.78 is 0. The molecule has 5 heteroatoms. The van der Waals surface area contributed by atoms with E-state index in [1.165, 1.54) is 5.56 Å². The van der Waals surface area contributed by atoms with E-state index in [0.717, 1.165) is 49.8 Å². The first-order chi connectivity index (χ1) is 14.1. The zero-order valence-corrected chi connectivity index (χ0v) is 16.7. The SMILES string of the molecule is O=C1c2ccccc2CN1CCC(=O)N1CCCC[C@@H]1CCc1ccc(O)cc1. The van der Waals surface area contributed by atoms with Gasteiger partial charge in [0.05, 0.1) is 0 Å². The molecule has 0 aliphatic carbocycles. The van der Waals surface area contributed by atoms with Crippen LogP contribution in [0.4, 0.5) is 0 Å². The standard InChI is InChI=1S/C24H28N2O3/c27-21-12-9-18(10-13-21)8-11-20-6-3-4-15-26(20)23(28)14-16-25-17-19-5-1-2-7-22(19)24(25)29/h1-2,5,7,9-10,12-13,20,27H,3-4,6,8,11,14-17H2/t20-/m1/s1. The Morgan fingerprint density at radius 1 is 1.07 bits per heavy atom. The van der Waals surface area contributed by atoms with Crippen LogP contribution in [0.1, 0.15) is 53.6 Å². The van der Waals surface area contributed by atoms with E-state index in [1.807, 2.05) is 41.3 Å². The first kappa shape index (κ1) is 19.5. The lowest BCUT2D eigenvalue weighted by atomic mass is 9.95. The maximum Gasteiger partial charge on any atom is 0.254 e. The number of hydrogen-bond donors (Lipinski definition) is 1. The van der Waals surface area contributed by atoms with Gasteiger partial charge in [-0.25, -0.2) is 0 Å². The van der Waals surface area contributed by atoms with Crippen LogP contribution in [0.25, 0.3) is 0 Å². The molecule has 1 atom stereocenters. The number of rotatable bonds is 6. The van der Waals surface area contributed by atoms with Crippen molar-refractivity contribution in [2.24, 2.45) is 0 Å². The van der Waals surface area contributed by atoms with Crippen LogP contribution in [0.5, 0.6) is 5.75 Å². The highest BCUT2D eigenvalue weighted by atomic mass is 16.3. The highest BCUT2D eigenvalue weighted by Crippen LogP contribution is 2.25. The summed E-state index contributed by atoms with van der Waals surface area (Å²) in [6, 6.07) is 15.3. The van der Waals surface area contributed by atoms with Crippen molar-refractivity contribution in [3.8, 4) is 5.75 Å². The number of amides is 2. The quantitative estimate of drug-likeness (QED) is 0.814. The average molecular weight is 392 g/mol. The van der Waals surface area contributed by atoms with Gasteiger partial charge in [-0.1, -0.05) is 30.3 Å². The number of carbonyl (C=O) groups excluding carboxylic acids is 2. The number of phenolic OH excluding ortho intramolecular Hbond substituents is 1. The molecule has 1 N–H and O–H groups in total. The Kier molecular flexibility index (Phi) is 5.84. The molecule has 2 aromatic carbocycles. The van der Waals surface area contributed by atoms with Gasteiger partial charge in [0.2, 0.25) is 5.91 Å². The maximum absolute atomic E-state index is 13.0. The van der Waals surface area contributed by atoms with E-state index >= 15 is 0 Å². The van der Waals surface area contributed by atoms with E-state index in [2.05, 4.69) is 0 Å². The second kappa shape index (κ2) is 8.68. The fourth-order valence-corrected chi connectivity index (χ4v) is 4.49. The molecule has 0 unspecified atom stereocenters. The Labute approximate surface area is 171 Å². The topological polar surface area (TPSA) is 60.9 Å². The van der Waals surface area contributed by atoms with Gasteiger partial charge in [-0.05, 0) is 61.4 Å². The summed E-state index contributed by atoms with van der Waals surface area (Å²) in [5, 5.41) is 9.43. The molecule has 2 heterocycles. The van der Waals surface area contributed by atoms with Crippen molar-refractivity contribution in [3.05, 3.63) is 65.2 Å². The predicted molar refractivity (Wildman–Crippen MR) is 112 cm³/mol. The van der Waals surface area contributed by atoms with Crippen molar-refractivity contribution >= 4 is 11.8 Å². The number of nitrogens with zero attached hydrogens (tertiary/aromatic N) is 2. The van der Waals surface area contributed by atoms with Crippen LogP contribution in [0.15, 0.2) is 48.5 Å². The second-order valence-corrected chi connectivity index (χ2v) is 8.08. The normalized spacial score (nSPS) is 18.8. The van der Waals surface area contributed by atoms with Gasteiger partial charge in [-0.15, -0.1) is 0 Å². The van der Waals surface area contributed by atoms with Gasteiger partial charge in [0, 0.05) is 37.7 Å². The molecule has 2 aromatic rings. The minimum absolute atomic E-state index is 0.0379. The average Bonchev–Trinajstić information content (AvgIpc) is 3.08. The number of aromatic hydroxyl groups is 1. The first-order valence-electron chi connectivity index (χ1n) is 10.6. The van der Waals surface area contributed by atoms with E-state index in [-0.39, 0.29) is 23.6 Å². The summed E-state index contributed by atoms with van der Waals surface area (Å²) in [7, 11) is 0. The maximum atomic E-state index is 13.0. The largest absolute Gasteiger partial charge is 0.508 e. The summed E-state index contributed by atoms with van der Waals surface area (Å²) in [4.78, 5) is 29.3. The third-order valence-electron chi connectivity index (χ3n) is 6.14. The lowest BCUT2D eigenvalue weighted by molar-refractivity contribution is -0.135. The summed E-state index contributed by atoms with van der Waals surface area (Å²) in [5.74, 6) is 0.474. The van der Waals surface area contributed by atoms with Crippen LogP contribution in [-0.2, 0) is 17.8 Å². The molecule has 2 aliphatic heterocycles. The van der Waals surface area contributed by atoms with E-state index in [9.17, 15) is 14.7 Å². The number of likely N-dealkylation sites (tertiary alicyclic amines) is 1. The van der Waals surface area contributed by atoms with Crippen molar-refractivity contribution in [3.63, 3.8) is 0 Å². The number of fused-ring (bicyclic) bond motifs is 1. The molecule has 152 valence electrons. The van der Waals surface area contributed by atoms with Crippen LogP contribution in [-0.4, -0.2) is 45.9 Å². The number of aryl methyl sites for hydroxylation is 1. The molecular weight excluding hydrogens is 364 g/mol. The molecule has 0 bridgehead atoms. The Balaban J connectivity index is 1.32. The van der Waals surface area contributed by atoms with E-state index in [0.29, 0.717) is 19.5 Å². The van der Waals surface area contributed by atoms with Crippen LogP contribution in [0.2, 0.25) is 0 Å². The summed E-state index contributed by atoms with van der Waals surface area (Å²) >= 11 is 0. The minimum atomic E-state index is 0.0379. The number of hydrogen-bond acceptors (Lipinski definition) is 3.